The summed E-state index contributed by atoms with van der Waals surface area (Å²) in [6.07, 6.45) is 0.711. The van der Waals surface area contributed by atoms with Crippen LogP contribution in [0.5, 0.6) is 0 Å². The van der Waals surface area contributed by atoms with Crippen LogP contribution in [0.2, 0.25) is 0 Å². The van der Waals surface area contributed by atoms with E-state index in [1.165, 1.54) is 0 Å². The normalized spacial score (nSPS) is 24.5. The molecule has 5 heteroatoms. The van der Waals surface area contributed by atoms with Crippen molar-refractivity contribution in [2.45, 2.75) is 6.42 Å². The first-order chi connectivity index (χ1) is 3.21. The first-order valence-electron chi connectivity index (χ1n) is 2.12. The molecular weight excluding hydrogens is 137 g/mol. The Morgan fingerprint density at radius 3 is 2.12 bits per heavy atom. The zero-order chi connectivity index (χ0) is 5.33. The molecule has 1 aliphatic heterocycles. The van der Waals surface area contributed by atoms with Gasteiger partial charge < -0.3 is 4.72 Å². The van der Waals surface area contributed by atoms with Crippen molar-refractivity contribution < 1.29 is 38.0 Å². The van der Waals surface area contributed by atoms with E-state index in [9.17, 15) is 8.42 Å². The molecule has 0 atom stereocenters. The Morgan fingerprint density at radius 1 is 1.38 bits per heavy atom. The van der Waals surface area contributed by atoms with E-state index in [4.69, 9.17) is 0 Å². The van der Waals surface area contributed by atoms with Crippen molar-refractivity contribution in [1.29, 1.82) is 0 Å². The van der Waals surface area contributed by atoms with Gasteiger partial charge in [-0.25, -0.2) is 8.42 Å². The molecule has 1 rings (SSSR count). The van der Waals surface area contributed by atoms with Gasteiger partial charge >= 0.3 is 29.6 Å². The zero-order valence-corrected chi connectivity index (χ0v) is 7.61. The minimum atomic E-state index is -2.92. The maximum atomic E-state index is 10.3. The third-order valence-corrected chi connectivity index (χ3v) is 2.23. The standard InChI is InChI=1S/C3H6NO2S.Na/c5-7(6)3-1-2-4-7;/h1-3H2;/q-1;+1. The monoisotopic (exact) mass is 143 g/mol. The number of nitrogens with zero attached hydrogens (tertiary/aromatic N) is 1. The van der Waals surface area contributed by atoms with E-state index >= 15 is 0 Å². The van der Waals surface area contributed by atoms with Gasteiger partial charge in [-0.2, -0.15) is 0 Å². The summed E-state index contributed by atoms with van der Waals surface area (Å²) in [4.78, 5) is 0. The minimum absolute atomic E-state index is 0. The van der Waals surface area contributed by atoms with Crippen LogP contribution in [0.25, 0.3) is 4.72 Å². The van der Waals surface area contributed by atoms with Gasteiger partial charge in [-0.1, -0.05) is 6.42 Å². The summed E-state index contributed by atoms with van der Waals surface area (Å²) in [6, 6.07) is 0. The molecule has 0 aromatic rings. The summed E-state index contributed by atoms with van der Waals surface area (Å²) in [6.45, 7) is 0.502. The molecule has 1 heterocycles. The van der Waals surface area contributed by atoms with Gasteiger partial charge in [0, 0.05) is 5.75 Å². The molecule has 3 nitrogen and oxygen atoms in total. The van der Waals surface area contributed by atoms with Crippen LogP contribution in [-0.4, -0.2) is 20.7 Å². The number of sulfonamides is 1. The van der Waals surface area contributed by atoms with Crippen LogP contribution in [0.1, 0.15) is 6.42 Å². The molecule has 42 valence electrons. The third kappa shape index (κ3) is 2.46. The molecule has 0 aromatic heterocycles. The van der Waals surface area contributed by atoms with Crippen molar-refractivity contribution in [3.8, 4) is 0 Å². The first kappa shape index (κ1) is 8.91. The summed E-state index contributed by atoms with van der Waals surface area (Å²) in [5, 5.41) is 0. The van der Waals surface area contributed by atoms with E-state index in [1.807, 2.05) is 0 Å². The summed E-state index contributed by atoms with van der Waals surface area (Å²) in [5.41, 5.74) is 0. The van der Waals surface area contributed by atoms with Gasteiger partial charge in [-0.15, -0.1) is 6.54 Å². The number of hydrogen-bond acceptors (Lipinski definition) is 2. The second-order valence-corrected chi connectivity index (χ2v) is 3.32. The van der Waals surface area contributed by atoms with Crippen molar-refractivity contribution in [2.24, 2.45) is 0 Å². The van der Waals surface area contributed by atoms with Gasteiger partial charge in [0.1, 0.15) is 0 Å². The predicted molar refractivity (Wildman–Crippen MR) is 26.6 cm³/mol. The van der Waals surface area contributed by atoms with E-state index in [2.05, 4.69) is 4.72 Å². The summed E-state index contributed by atoms with van der Waals surface area (Å²) in [7, 11) is -2.92. The molecule has 0 amide bonds. The van der Waals surface area contributed by atoms with Gasteiger partial charge in [-0.3, -0.25) is 0 Å². The van der Waals surface area contributed by atoms with Crippen LogP contribution in [0.15, 0.2) is 0 Å². The van der Waals surface area contributed by atoms with Crippen LogP contribution >= 0.6 is 0 Å². The average molecular weight is 143 g/mol. The Labute approximate surface area is 71.2 Å². The molecule has 0 N–H and O–H groups in total. The number of hydrogen-bond donors (Lipinski definition) is 0. The molecular formula is C3H6NNaO2S. The zero-order valence-electron chi connectivity index (χ0n) is 4.79. The van der Waals surface area contributed by atoms with Crippen molar-refractivity contribution in [3.63, 3.8) is 0 Å². The molecule has 0 saturated carbocycles. The Kier molecular flexibility index (Phi) is 3.53. The molecule has 1 aliphatic rings. The van der Waals surface area contributed by atoms with Gasteiger partial charge in [0.05, 0.1) is 10.0 Å². The Morgan fingerprint density at radius 2 is 2.00 bits per heavy atom. The fourth-order valence-electron chi connectivity index (χ4n) is 0.515. The molecule has 8 heavy (non-hydrogen) atoms. The minimum Gasteiger partial charge on any atom is -0.549 e. The molecule has 0 spiro atoms. The van der Waals surface area contributed by atoms with Crippen LogP contribution in [-0.2, 0) is 10.0 Å². The Bertz CT molecular complexity index is 141. The predicted octanol–water partition coefficient (Wildman–Crippen LogP) is -2.90. The Balaban J connectivity index is 0.000000490. The smallest absolute Gasteiger partial charge is 0.549 e. The molecule has 0 radical (unpaired) electrons. The van der Waals surface area contributed by atoms with E-state index in [-0.39, 0.29) is 35.3 Å². The van der Waals surface area contributed by atoms with Crippen molar-refractivity contribution in [1.82, 2.24) is 0 Å². The molecule has 0 bridgehead atoms. The second-order valence-electron chi connectivity index (χ2n) is 1.49. The summed E-state index contributed by atoms with van der Waals surface area (Å²) in [5.74, 6) is 0.257. The molecule has 0 aromatic carbocycles. The average Bonchev–Trinajstić information content (AvgIpc) is 1.84. The third-order valence-electron chi connectivity index (χ3n) is 0.848. The Hall–Kier alpha value is 0.910. The molecule has 0 aliphatic carbocycles. The van der Waals surface area contributed by atoms with Crippen LogP contribution in [0, 0.1) is 0 Å². The fourth-order valence-corrected chi connectivity index (χ4v) is 1.55. The maximum Gasteiger partial charge on any atom is 1.00 e. The van der Waals surface area contributed by atoms with Crippen molar-refractivity contribution in [2.75, 3.05) is 12.3 Å². The quantitative estimate of drug-likeness (QED) is 0.341. The van der Waals surface area contributed by atoms with Gasteiger partial charge in [0.15, 0.2) is 0 Å². The van der Waals surface area contributed by atoms with Crippen molar-refractivity contribution in [3.05, 3.63) is 4.72 Å². The second kappa shape index (κ2) is 3.17. The van der Waals surface area contributed by atoms with E-state index in [0.717, 1.165) is 0 Å². The SMILES string of the molecule is O=S1(=O)CCC[N-]1.[Na+]. The van der Waals surface area contributed by atoms with E-state index in [0.29, 0.717) is 13.0 Å². The van der Waals surface area contributed by atoms with Crippen molar-refractivity contribution >= 4 is 10.0 Å². The largest absolute Gasteiger partial charge is 1.00 e. The molecule has 1 fully saturated rings. The maximum absolute atomic E-state index is 10.3. The number of rotatable bonds is 0. The van der Waals surface area contributed by atoms with E-state index < -0.39 is 10.0 Å². The molecule has 1 saturated heterocycles. The first-order valence-corrected chi connectivity index (χ1v) is 3.73. The topological polar surface area (TPSA) is 48.2 Å². The van der Waals surface area contributed by atoms with Gasteiger partial charge in [0.25, 0.3) is 0 Å². The van der Waals surface area contributed by atoms with Crippen LogP contribution < -0.4 is 29.6 Å². The van der Waals surface area contributed by atoms with Crippen LogP contribution in [0.3, 0.4) is 0 Å². The fraction of sp³-hybridized carbons (Fsp3) is 1.00. The molecule has 0 unspecified atom stereocenters. The van der Waals surface area contributed by atoms with Gasteiger partial charge in [-0.05, 0) is 0 Å². The summed E-state index contributed by atoms with van der Waals surface area (Å²) < 4.78 is 23.9. The van der Waals surface area contributed by atoms with E-state index in [1.54, 1.807) is 0 Å². The van der Waals surface area contributed by atoms with Crippen LogP contribution in [0.4, 0.5) is 0 Å². The van der Waals surface area contributed by atoms with Gasteiger partial charge in [0.2, 0.25) is 0 Å². The summed E-state index contributed by atoms with van der Waals surface area (Å²) >= 11 is 0.